The van der Waals surface area contributed by atoms with E-state index in [9.17, 15) is 9.90 Å². The van der Waals surface area contributed by atoms with Gasteiger partial charge in [0.25, 0.3) is 0 Å². The van der Waals surface area contributed by atoms with Crippen LogP contribution in [0.4, 0.5) is 11.5 Å². The second-order valence-corrected chi connectivity index (χ2v) is 11.8. The van der Waals surface area contributed by atoms with Crippen molar-refractivity contribution in [1.29, 1.82) is 0 Å². The number of nitrogens with one attached hydrogen (secondary N) is 1. The molecule has 0 amide bonds. The normalized spacial score (nSPS) is 16.8. The van der Waals surface area contributed by atoms with Gasteiger partial charge in [0.1, 0.15) is 11.3 Å². The Balaban J connectivity index is 1.30. The van der Waals surface area contributed by atoms with Gasteiger partial charge in [0.2, 0.25) is 5.88 Å². The Labute approximate surface area is 260 Å². The number of aromatic nitrogens is 4. The highest BCUT2D eigenvalue weighted by Gasteiger charge is 2.40. The summed E-state index contributed by atoms with van der Waals surface area (Å²) in [5, 5.41) is 13.7. The molecule has 0 radical (unpaired) electrons. The van der Waals surface area contributed by atoms with E-state index in [1.165, 1.54) is 0 Å². The molecule has 2 N–H and O–H groups in total. The Kier molecular flexibility index (Phi) is 7.92. The van der Waals surface area contributed by atoms with E-state index in [-0.39, 0.29) is 0 Å². The molecule has 2 aromatic carbocycles. The first-order valence-electron chi connectivity index (χ1n) is 14.4. The molecule has 10 heteroatoms. The minimum Gasteiger partial charge on any atom is -0.481 e. The van der Waals surface area contributed by atoms with Gasteiger partial charge in [-0.25, -0.2) is 15.0 Å². The molecule has 0 saturated carbocycles. The summed E-state index contributed by atoms with van der Waals surface area (Å²) in [6.07, 6.45) is 2.35. The number of carboxylic acid groups (broad SMARTS) is 1. The van der Waals surface area contributed by atoms with Crippen molar-refractivity contribution in [2.45, 2.75) is 33.7 Å². The van der Waals surface area contributed by atoms with Gasteiger partial charge in [-0.1, -0.05) is 48.0 Å². The molecule has 1 saturated heterocycles. The fraction of sp³-hybridized carbons (Fsp3) is 0.265. The molecule has 224 valence electrons. The number of rotatable bonds is 8. The lowest BCUT2D eigenvalue weighted by Crippen LogP contribution is -2.31. The number of anilines is 2. The number of aliphatic carboxylic acids is 1. The van der Waals surface area contributed by atoms with E-state index in [0.717, 1.165) is 39.0 Å². The SMILES string of the molecule is COc1nc(-c2cccc(-c3cccc(Nc4nc(C)nc5cccnc45)c3C)c2Cl)ccc1CN1CCC(C)(C(=O)O)C1. The maximum absolute atomic E-state index is 11.7. The number of nitrogens with zero attached hydrogens (tertiary/aromatic N) is 5. The van der Waals surface area contributed by atoms with Crippen molar-refractivity contribution in [3.8, 4) is 28.3 Å². The number of hydrogen-bond donors (Lipinski definition) is 2. The number of pyridine rings is 2. The van der Waals surface area contributed by atoms with Crippen LogP contribution in [0.25, 0.3) is 33.4 Å². The fourth-order valence-corrected chi connectivity index (χ4v) is 6.15. The summed E-state index contributed by atoms with van der Waals surface area (Å²) >= 11 is 7.10. The third-order valence-corrected chi connectivity index (χ3v) is 8.72. The van der Waals surface area contributed by atoms with E-state index in [0.29, 0.717) is 59.8 Å². The predicted octanol–water partition coefficient (Wildman–Crippen LogP) is 7.07. The number of halogens is 1. The van der Waals surface area contributed by atoms with Gasteiger partial charge in [-0.05, 0) is 69.1 Å². The van der Waals surface area contributed by atoms with Crippen molar-refractivity contribution in [2.24, 2.45) is 5.41 Å². The predicted molar refractivity (Wildman–Crippen MR) is 172 cm³/mol. The van der Waals surface area contributed by atoms with Crippen LogP contribution >= 0.6 is 11.6 Å². The molecule has 1 aliphatic heterocycles. The van der Waals surface area contributed by atoms with Crippen molar-refractivity contribution in [2.75, 3.05) is 25.5 Å². The molecule has 1 unspecified atom stereocenters. The van der Waals surface area contributed by atoms with Crippen LogP contribution in [-0.2, 0) is 11.3 Å². The van der Waals surface area contributed by atoms with Gasteiger partial charge in [-0.15, -0.1) is 0 Å². The zero-order chi connectivity index (χ0) is 31.0. The third kappa shape index (κ3) is 5.56. The molecule has 1 atom stereocenters. The molecule has 0 bridgehead atoms. The Morgan fingerprint density at radius 3 is 2.57 bits per heavy atom. The van der Waals surface area contributed by atoms with Gasteiger partial charge in [0.15, 0.2) is 5.82 Å². The summed E-state index contributed by atoms with van der Waals surface area (Å²) in [5.74, 6) is 1.04. The largest absolute Gasteiger partial charge is 0.481 e. The van der Waals surface area contributed by atoms with Gasteiger partial charge in [0, 0.05) is 41.7 Å². The second kappa shape index (κ2) is 11.8. The van der Waals surface area contributed by atoms with Crippen LogP contribution in [0.3, 0.4) is 0 Å². The topological polar surface area (TPSA) is 113 Å². The molecule has 1 aliphatic rings. The Morgan fingerprint density at radius 2 is 1.80 bits per heavy atom. The van der Waals surface area contributed by atoms with Crippen molar-refractivity contribution < 1.29 is 14.6 Å². The third-order valence-electron chi connectivity index (χ3n) is 8.31. The van der Waals surface area contributed by atoms with Crippen molar-refractivity contribution in [3.63, 3.8) is 0 Å². The first-order chi connectivity index (χ1) is 21.2. The molecule has 6 rings (SSSR count). The number of methoxy groups -OCH3 is 1. The Morgan fingerprint density at radius 1 is 1.02 bits per heavy atom. The monoisotopic (exact) mass is 608 g/mol. The Bertz CT molecular complexity index is 1900. The standard InChI is InChI=1S/C34H33ClN6O3/c1-20-23(8-6-11-26(20)39-31-30-28(12-7-16-36-30)37-21(2)38-31)24-9-5-10-25(29(24)35)27-14-13-22(32(40-27)44-4)18-41-17-15-34(3,19-41)33(42)43/h5-14,16H,15,17-19H2,1-4H3,(H,42,43)(H,37,38,39). The highest BCUT2D eigenvalue weighted by atomic mass is 35.5. The van der Waals surface area contributed by atoms with Gasteiger partial charge >= 0.3 is 5.97 Å². The lowest BCUT2D eigenvalue weighted by molar-refractivity contribution is -0.147. The minimum atomic E-state index is -0.763. The number of fused-ring (bicyclic) bond motifs is 1. The summed E-state index contributed by atoms with van der Waals surface area (Å²) in [7, 11) is 1.60. The maximum atomic E-state index is 11.7. The molecule has 4 heterocycles. The first-order valence-corrected chi connectivity index (χ1v) is 14.8. The Hall–Kier alpha value is -4.60. The number of likely N-dealkylation sites (tertiary alicyclic amines) is 1. The van der Waals surface area contributed by atoms with Crippen LogP contribution < -0.4 is 10.1 Å². The highest BCUT2D eigenvalue weighted by molar-refractivity contribution is 6.36. The van der Waals surface area contributed by atoms with Crippen LogP contribution in [0.2, 0.25) is 5.02 Å². The molecular formula is C34H33ClN6O3. The summed E-state index contributed by atoms with van der Waals surface area (Å²) in [6.45, 7) is 7.46. The number of aryl methyl sites for hydroxylation is 1. The van der Waals surface area contributed by atoms with Crippen LogP contribution in [-0.4, -0.2) is 56.1 Å². The van der Waals surface area contributed by atoms with E-state index in [1.807, 2.05) is 74.5 Å². The number of carbonyl (C=O) groups is 1. The average Bonchev–Trinajstić information content (AvgIpc) is 3.40. The second-order valence-electron chi connectivity index (χ2n) is 11.5. The molecule has 0 spiro atoms. The summed E-state index contributed by atoms with van der Waals surface area (Å²) < 4.78 is 5.68. The van der Waals surface area contributed by atoms with E-state index in [1.54, 1.807) is 20.2 Å². The van der Waals surface area contributed by atoms with E-state index < -0.39 is 11.4 Å². The minimum absolute atomic E-state index is 0.484. The lowest BCUT2D eigenvalue weighted by Gasteiger charge is -2.21. The number of ether oxygens (including phenoxy) is 1. The average molecular weight is 609 g/mol. The summed E-state index contributed by atoms with van der Waals surface area (Å²) in [6, 6.07) is 19.7. The molecule has 44 heavy (non-hydrogen) atoms. The van der Waals surface area contributed by atoms with Gasteiger partial charge < -0.3 is 15.2 Å². The van der Waals surface area contributed by atoms with Crippen molar-refractivity contribution in [1.82, 2.24) is 24.8 Å². The van der Waals surface area contributed by atoms with Crippen LogP contribution in [0.1, 0.15) is 30.3 Å². The van der Waals surface area contributed by atoms with E-state index in [2.05, 4.69) is 25.2 Å². The van der Waals surface area contributed by atoms with Gasteiger partial charge in [-0.2, -0.15) is 0 Å². The summed E-state index contributed by atoms with van der Waals surface area (Å²) in [4.78, 5) is 32.3. The van der Waals surface area contributed by atoms with Gasteiger partial charge in [-0.3, -0.25) is 14.7 Å². The van der Waals surface area contributed by atoms with E-state index >= 15 is 0 Å². The molecule has 5 aromatic rings. The highest BCUT2D eigenvalue weighted by Crippen LogP contribution is 2.40. The maximum Gasteiger partial charge on any atom is 0.310 e. The zero-order valence-corrected chi connectivity index (χ0v) is 25.8. The van der Waals surface area contributed by atoms with Crippen LogP contribution in [0.15, 0.2) is 66.9 Å². The van der Waals surface area contributed by atoms with Crippen molar-refractivity contribution in [3.05, 3.63) is 88.8 Å². The smallest absolute Gasteiger partial charge is 0.310 e. The summed E-state index contributed by atoms with van der Waals surface area (Å²) in [5.41, 5.74) is 6.86. The molecule has 0 aliphatic carbocycles. The first kappa shape index (κ1) is 29.5. The van der Waals surface area contributed by atoms with Gasteiger partial charge in [0.05, 0.1) is 28.8 Å². The molecular weight excluding hydrogens is 576 g/mol. The fourth-order valence-electron chi connectivity index (χ4n) is 5.82. The van der Waals surface area contributed by atoms with Crippen molar-refractivity contribution >= 4 is 40.1 Å². The zero-order valence-electron chi connectivity index (χ0n) is 25.1. The number of hydrogen-bond acceptors (Lipinski definition) is 8. The van der Waals surface area contributed by atoms with Crippen LogP contribution in [0.5, 0.6) is 5.88 Å². The van der Waals surface area contributed by atoms with E-state index in [4.69, 9.17) is 21.3 Å². The molecule has 1 fully saturated rings. The number of carboxylic acids is 1. The number of benzene rings is 2. The lowest BCUT2D eigenvalue weighted by atomic mass is 9.90. The molecule has 9 nitrogen and oxygen atoms in total. The van der Waals surface area contributed by atoms with Crippen LogP contribution in [0, 0.1) is 19.3 Å². The quantitative estimate of drug-likeness (QED) is 0.191. The molecule has 3 aromatic heterocycles.